The van der Waals surface area contributed by atoms with Crippen LogP contribution in [0.5, 0.6) is 5.75 Å². The van der Waals surface area contributed by atoms with Gasteiger partial charge in [-0.25, -0.2) is 4.39 Å². The molecule has 4 nitrogen and oxygen atoms in total. The Morgan fingerprint density at radius 1 is 1.12 bits per heavy atom. The number of nitrogens with one attached hydrogen (secondary N) is 1. The molecule has 0 saturated heterocycles. The molecule has 1 heterocycles. The van der Waals surface area contributed by atoms with Crippen molar-refractivity contribution in [2.75, 3.05) is 5.32 Å². The largest absolute Gasteiger partial charge is 0.489 e. The summed E-state index contributed by atoms with van der Waals surface area (Å²) in [7, 11) is 0. The standard InChI is InChI=1S/C19H14ClFN2O2/c20-17-4-1-5-18(21)16(17)12-25-15-8-6-13(7-9-15)19(24)23-14-3-2-10-22-11-14/h1-11H,12H2,(H,23,24). The number of carbonyl (C=O) groups is 1. The highest BCUT2D eigenvalue weighted by atomic mass is 35.5. The zero-order chi connectivity index (χ0) is 17.6. The van der Waals surface area contributed by atoms with E-state index in [1.165, 1.54) is 12.1 Å². The minimum atomic E-state index is -0.417. The Bertz CT molecular complexity index is 850. The molecule has 0 spiro atoms. The molecule has 0 bridgehead atoms. The average Bonchev–Trinajstić information content (AvgIpc) is 2.62. The molecule has 0 aliphatic rings. The lowest BCUT2D eigenvalue weighted by atomic mass is 10.2. The van der Waals surface area contributed by atoms with Crippen molar-refractivity contribution in [2.24, 2.45) is 0 Å². The van der Waals surface area contributed by atoms with Crippen LogP contribution in [0.1, 0.15) is 15.9 Å². The van der Waals surface area contributed by atoms with Gasteiger partial charge in [0, 0.05) is 17.3 Å². The quantitative estimate of drug-likeness (QED) is 0.720. The SMILES string of the molecule is O=C(Nc1cccnc1)c1ccc(OCc2c(F)cccc2Cl)cc1. The topological polar surface area (TPSA) is 51.2 Å². The Morgan fingerprint density at radius 3 is 2.60 bits per heavy atom. The predicted molar refractivity (Wildman–Crippen MR) is 94.4 cm³/mol. The van der Waals surface area contributed by atoms with Crippen molar-refractivity contribution in [2.45, 2.75) is 6.61 Å². The smallest absolute Gasteiger partial charge is 0.255 e. The summed E-state index contributed by atoms with van der Waals surface area (Å²) in [6, 6.07) is 14.5. The third-order valence-corrected chi connectivity index (χ3v) is 3.83. The lowest BCUT2D eigenvalue weighted by molar-refractivity contribution is 0.102. The maximum Gasteiger partial charge on any atom is 0.255 e. The summed E-state index contributed by atoms with van der Waals surface area (Å²) in [6.07, 6.45) is 3.19. The predicted octanol–water partition coefficient (Wildman–Crippen LogP) is 4.71. The van der Waals surface area contributed by atoms with Gasteiger partial charge in [0.05, 0.1) is 16.9 Å². The highest BCUT2D eigenvalue weighted by molar-refractivity contribution is 6.31. The van der Waals surface area contributed by atoms with E-state index < -0.39 is 5.82 Å². The highest BCUT2D eigenvalue weighted by Crippen LogP contribution is 2.22. The number of carbonyl (C=O) groups excluding carboxylic acids is 1. The van der Waals surface area contributed by atoms with E-state index >= 15 is 0 Å². The van der Waals surface area contributed by atoms with Gasteiger partial charge >= 0.3 is 0 Å². The molecule has 3 aromatic rings. The summed E-state index contributed by atoms with van der Waals surface area (Å²) in [5, 5.41) is 3.05. The first kappa shape index (κ1) is 16.9. The molecule has 0 aliphatic carbocycles. The molecule has 0 fully saturated rings. The minimum absolute atomic E-state index is 0.00668. The normalized spacial score (nSPS) is 10.3. The van der Waals surface area contributed by atoms with Gasteiger partial charge in [0.2, 0.25) is 0 Å². The first-order valence-corrected chi connectivity index (χ1v) is 7.88. The summed E-state index contributed by atoms with van der Waals surface area (Å²) < 4.78 is 19.2. The van der Waals surface area contributed by atoms with Crippen LogP contribution in [0.4, 0.5) is 10.1 Å². The molecule has 0 atom stereocenters. The zero-order valence-electron chi connectivity index (χ0n) is 13.1. The first-order valence-electron chi connectivity index (χ1n) is 7.50. The van der Waals surface area contributed by atoms with Gasteiger partial charge in [-0.15, -0.1) is 0 Å². The fraction of sp³-hybridized carbons (Fsp3) is 0.0526. The monoisotopic (exact) mass is 356 g/mol. The van der Waals surface area contributed by atoms with Crippen molar-refractivity contribution < 1.29 is 13.9 Å². The van der Waals surface area contributed by atoms with Crippen molar-refractivity contribution >= 4 is 23.2 Å². The van der Waals surface area contributed by atoms with Crippen LogP contribution >= 0.6 is 11.6 Å². The Morgan fingerprint density at radius 2 is 1.92 bits per heavy atom. The van der Waals surface area contributed by atoms with E-state index in [1.54, 1.807) is 54.9 Å². The summed E-state index contributed by atoms with van der Waals surface area (Å²) in [4.78, 5) is 16.1. The molecule has 1 N–H and O–H groups in total. The molecule has 6 heteroatoms. The maximum absolute atomic E-state index is 13.7. The number of amides is 1. The lowest BCUT2D eigenvalue weighted by Gasteiger charge is -2.09. The molecule has 25 heavy (non-hydrogen) atoms. The van der Waals surface area contributed by atoms with E-state index in [4.69, 9.17) is 16.3 Å². The van der Waals surface area contributed by atoms with Crippen LogP contribution in [0, 0.1) is 5.82 Å². The van der Waals surface area contributed by atoms with Gasteiger partial charge in [-0.1, -0.05) is 17.7 Å². The fourth-order valence-corrected chi connectivity index (χ4v) is 2.39. The Kier molecular flexibility index (Phi) is 5.26. The van der Waals surface area contributed by atoms with Crippen LogP contribution in [0.3, 0.4) is 0 Å². The number of anilines is 1. The second kappa shape index (κ2) is 7.77. The molecule has 3 rings (SSSR count). The van der Waals surface area contributed by atoms with Crippen molar-refractivity contribution in [1.29, 1.82) is 0 Å². The molecule has 2 aromatic carbocycles. The summed E-state index contributed by atoms with van der Waals surface area (Å²) >= 11 is 5.96. The van der Waals surface area contributed by atoms with Crippen molar-refractivity contribution in [3.63, 3.8) is 0 Å². The van der Waals surface area contributed by atoms with Crippen LogP contribution < -0.4 is 10.1 Å². The molecule has 0 aliphatic heterocycles. The average molecular weight is 357 g/mol. The molecule has 1 amide bonds. The Hall–Kier alpha value is -2.92. The van der Waals surface area contributed by atoms with Crippen LogP contribution in [-0.4, -0.2) is 10.9 Å². The highest BCUT2D eigenvalue weighted by Gasteiger charge is 2.09. The van der Waals surface area contributed by atoms with Gasteiger partial charge < -0.3 is 10.1 Å². The maximum atomic E-state index is 13.7. The molecular weight excluding hydrogens is 343 g/mol. The van der Waals surface area contributed by atoms with Gasteiger partial charge in [0.15, 0.2) is 0 Å². The number of aromatic nitrogens is 1. The van der Waals surface area contributed by atoms with Crippen LogP contribution in [0.25, 0.3) is 0 Å². The summed E-state index contributed by atoms with van der Waals surface area (Å²) in [5.41, 5.74) is 1.38. The van der Waals surface area contributed by atoms with E-state index in [2.05, 4.69) is 10.3 Å². The number of benzene rings is 2. The number of nitrogens with zero attached hydrogens (tertiary/aromatic N) is 1. The van der Waals surface area contributed by atoms with Crippen molar-refractivity contribution in [3.05, 3.63) is 89.0 Å². The van der Waals surface area contributed by atoms with Crippen molar-refractivity contribution in [1.82, 2.24) is 4.98 Å². The van der Waals surface area contributed by atoms with E-state index in [0.717, 1.165) is 0 Å². The number of hydrogen-bond donors (Lipinski definition) is 1. The second-order valence-corrected chi connectivity index (χ2v) is 5.62. The van der Waals surface area contributed by atoms with Gasteiger partial charge in [0.1, 0.15) is 18.2 Å². The van der Waals surface area contributed by atoms with E-state index in [0.29, 0.717) is 27.6 Å². The Balaban J connectivity index is 1.63. The van der Waals surface area contributed by atoms with E-state index in [1.807, 2.05) is 0 Å². The fourth-order valence-electron chi connectivity index (χ4n) is 2.17. The van der Waals surface area contributed by atoms with E-state index in [-0.39, 0.29) is 12.5 Å². The molecule has 0 radical (unpaired) electrons. The molecule has 0 saturated carbocycles. The number of pyridine rings is 1. The number of rotatable bonds is 5. The third kappa shape index (κ3) is 4.33. The second-order valence-electron chi connectivity index (χ2n) is 5.21. The van der Waals surface area contributed by atoms with Gasteiger partial charge in [-0.3, -0.25) is 9.78 Å². The third-order valence-electron chi connectivity index (χ3n) is 3.48. The zero-order valence-corrected chi connectivity index (χ0v) is 13.8. The number of ether oxygens (including phenoxy) is 1. The van der Waals surface area contributed by atoms with Gasteiger partial charge in [-0.05, 0) is 48.5 Å². The molecule has 126 valence electrons. The summed E-state index contributed by atoms with van der Waals surface area (Å²) in [5.74, 6) is -0.158. The molecule has 0 unspecified atom stereocenters. The van der Waals surface area contributed by atoms with Crippen LogP contribution in [0.15, 0.2) is 67.0 Å². The van der Waals surface area contributed by atoms with Crippen LogP contribution in [0.2, 0.25) is 5.02 Å². The number of hydrogen-bond acceptors (Lipinski definition) is 3. The Labute approximate surface area is 149 Å². The van der Waals surface area contributed by atoms with Gasteiger partial charge in [0.25, 0.3) is 5.91 Å². The minimum Gasteiger partial charge on any atom is -0.489 e. The molecule has 1 aromatic heterocycles. The summed E-state index contributed by atoms with van der Waals surface area (Å²) in [6.45, 7) is 0.00668. The molecular formula is C19H14ClFN2O2. The first-order chi connectivity index (χ1) is 12.1. The van der Waals surface area contributed by atoms with Crippen LogP contribution in [-0.2, 0) is 6.61 Å². The van der Waals surface area contributed by atoms with E-state index in [9.17, 15) is 9.18 Å². The number of halogens is 2. The van der Waals surface area contributed by atoms with Gasteiger partial charge in [-0.2, -0.15) is 0 Å². The lowest BCUT2D eigenvalue weighted by Crippen LogP contribution is -2.11. The van der Waals surface area contributed by atoms with Crippen molar-refractivity contribution in [3.8, 4) is 5.75 Å².